The Hall–Kier alpha value is -2.14. The molecule has 4 aromatic carbocycles. The van der Waals surface area contributed by atoms with Crippen molar-refractivity contribution in [2.45, 2.75) is 0 Å². The number of rotatable bonds is 0. The Morgan fingerprint density at radius 3 is 1.00 bits per heavy atom. The van der Waals surface area contributed by atoms with Crippen molar-refractivity contribution in [3.63, 3.8) is 0 Å². The summed E-state index contributed by atoms with van der Waals surface area (Å²) in [4.78, 5) is 0. The molecule has 3 N–H and O–H groups in total. The quantitative estimate of drug-likeness (QED) is 0.338. The van der Waals surface area contributed by atoms with Gasteiger partial charge in [-0.2, -0.15) is 0 Å². The minimum absolute atomic E-state index is 1.34. The molecule has 0 aliphatic rings. The Labute approximate surface area is 116 Å². The molecule has 4 rings (SSSR count). The van der Waals surface area contributed by atoms with E-state index in [2.05, 4.69) is 60.7 Å². The third-order valence-electron chi connectivity index (χ3n) is 3.39. The summed E-state index contributed by atoms with van der Waals surface area (Å²) in [5.41, 5.74) is 0. The zero-order valence-electron chi connectivity index (χ0n) is 10.7. The molecule has 20 heavy (non-hydrogen) atoms. The molecule has 4 aromatic rings. The first-order valence-electron chi connectivity index (χ1n) is 6.33. The summed E-state index contributed by atoms with van der Waals surface area (Å²) in [6.45, 7) is 0. The summed E-state index contributed by atoms with van der Waals surface area (Å²) in [5.74, 6) is 0. The van der Waals surface area contributed by atoms with Crippen LogP contribution in [0.15, 0.2) is 60.7 Å². The summed E-state index contributed by atoms with van der Waals surface area (Å²) in [7, 11) is -2.17. The molecule has 0 aromatic heterocycles. The fourth-order valence-electron chi connectivity index (χ4n) is 2.67. The molecule has 0 atom stereocenters. The Bertz CT molecular complexity index is 725. The van der Waals surface area contributed by atoms with Crippen molar-refractivity contribution in [2.24, 2.45) is 0 Å². The summed E-state index contributed by atoms with van der Waals surface area (Å²) < 4.78 is 0. The number of hydrogen-bond acceptors (Lipinski definition) is 3. The minimum atomic E-state index is -2.17. The van der Waals surface area contributed by atoms with Gasteiger partial charge in [0.2, 0.25) is 0 Å². The molecule has 0 heterocycles. The van der Waals surface area contributed by atoms with Gasteiger partial charge in [-0.3, -0.25) is 0 Å². The van der Waals surface area contributed by atoms with Crippen LogP contribution in [0.2, 0.25) is 0 Å². The molecule has 0 aliphatic carbocycles. The molecule has 0 aliphatic heterocycles. The topological polar surface area (TPSA) is 60.7 Å². The maximum Gasteiger partial charge on any atom is 0.631 e. The molecule has 0 amide bonds. The molecule has 3 nitrogen and oxygen atoms in total. The monoisotopic (exact) mass is 264 g/mol. The van der Waals surface area contributed by atoms with Crippen molar-refractivity contribution >= 4 is 39.6 Å². The molecule has 98 valence electrons. The van der Waals surface area contributed by atoms with Crippen LogP contribution in [0.4, 0.5) is 0 Å². The summed E-state index contributed by atoms with van der Waals surface area (Å²) in [6, 6.07) is 21.9. The molecule has 0 bridgehead atoms. The fraction of sp³-hybridized carbons (Fsp3) is 0. The molecular formula is C16H13BO3. The van der Waals surface area contributed by atoms with Gasteiger partial charge in [0.1, 0.15) is 0 Å². The molecular weight excluding hydrogens is 251 g/mol. The summed E-state index contributed by atoms with van der Waals surface area (Å²) in [6.07, 6.45) is 0. The van der Waals surface area contributed by atoms with Crippen molar-refractivity contribution in [2.75, 3.05) is 0 Å². The highest BCUT2D eigenvalue weighted by Gasteiger charge is 2.05. The van der Waals surface area contributed by atoms with Crippen LogP contribution < -0.4 is 0 Å². The fourth-order valence-corrected chi connectivity index (χ4v) is 2.67. The lowest BCUT2D eigenvalue weighted by Gasteiger charge is -2.09. The van der Waals surface area contributed by atoms with Crippen molar-refractivity contribution < 1.29 is 15.1 Å². The van der Waals surface area contributed by atoms with E-state index in [-0.39, 0.29) is 0 Å². The summed E-state index contributed by atoms with van der Waals surface area (Å²) >= 11 is 0. The van der Waals surface area contributed by atoms with E-state index < -0.39 is 7.32 Å². The first kappa shape index (κ1) is 12.9. The van der Waals surface area contributed by atoms with Gasteiger partial charge >= 0.3 is 7.32 Å². The molecule has 0 unspecified atom stereocenters. The lowest BCUT2D eigenvalue weighted by Crippen LogP contribution is -2.07. The molecule has 0 fully saturated rings. The maximum absolute atomic E-state index is 7.17. The van der Waals surface area contributed by atoms with Crippen LogP contribution in [-0.4, -0.2) is 22.4 Å². The standard InChI is InChI=1S/C16H10.BH3O3/c1-3-11-7-9-13-5-2-6-14-10-8-12(4-1)15(11)16(13)14;2-1(3)4/h1-10H;2-4H. The van der Waals surface area contributed by atoms with Gasteiger partial charge in [-0.1, -0.05) is 60.7 Å². The van der Waals surface area contributed by atoms with E-state index in [0.29, 0.717) is 0 Å². The largest absolute Gasteiger partial charge is 0.631 e. The van der Waals surface area contributed by atoms with Crippen molar-refractivity contribution in [1.29, 1.82) is 0 Å². The Balaban J connectivity index is 0.000000272. The highest BCUT2D eigenvalue weighted by Crippen LogP contribution is 2.33. The van der Waals surface area contributed by atoms with Gasteiger partial charge in [0.25, 0.3) is 0 Å². The first-order chi connectivity index (χ1) is 9.66. The van der Waals surface area contributed by atoms with Crippen LogP contribution in [-0.2, 0) is 0 Å². The van der Waals surface area contributed by atoms with E-state index in [1.54, 1.807) is 0 Å². The zero-order valence-corrected chi connectivity index (χ0v) is 10.7. The predicted molar refractivity (Wildman–Crippen MR) is 82.6 cm³/mol. The predicted octanol–water partition coefficient (Wildman–Crippen LogP) is 2.53. The number of benzene rings is 4. The summed E-state index contributed by atoms with van der Waals surface area (Å²) in [5, 5.41) is 29.6. The lowest BCUT2D eigenvalue weighted by molar-refractivity contribution is 0.278. The Morgan fingerprint density at radius 1 is 0.500 bits per heavy atom. The van der Waals surface area contributed by atoms with Crippen LogP contribution in [0.3, 0.4) is 0 Å². The highest BCUT2D eigenvalue weighted by molar-refractivity contribution is 6.30. The van der Waals surface area contributed by atoms with Crippen LogP contribution >= 0.6 is 0 Å². The van der Waals surface area contributed by atoms with Crippen molar-refractivity contribution in [1.82, 2.24) is 0 Å². The van der Waals surface area contributed by atoms with Crippen LogP contribution in [0, 0.1) is 0 Å². The van der Waals surface area contributed by atoms with Gasteiger partial charge in [0.05, 0.1) is 0 Å². The normalized spacial score (nSPS) is 10.8. The average molecular weight is 264 g/mol. The third-order valence-corrected chi connectivity index (χ3v) is 3.39. The smallest absolute Gasteiger partial charge is 0.402 e. The van der Waals surface area contributed by atoms with Crippen molar-refractivity contribution in [3.8, 4) is 0 Å². The molecule has 0 radical (unpaired) electrons. The Morgan fingerprint density at radius 2 is 0.750 bits per heavy atom. The van der Waals surface area contributed by atoms with E-state index in [0.717, 1.165) is 0 Å². The minimum Gasteiger partial charge on any atom is -0.402 e. The van der Waals surface area contributed by atoms with E-state index in [1.807, 2.05) is 0 Å². The van der Waals surface area contributed by atoms with Crippen LogP contribution in [0.5, 0.6) is 0 Å². The van der Waals surface area contributed by atoms with Gasteiger partial charge in [-0.15, -0.1) is 0 Å². The van der Waals surface area contributed by atoms with E-state index in [4.69, 9.17) is 15.1 Å². The third kappa shape index (κ3) is 2.21. The molecule has 0 spiro atoms. The van der Waals surface area contributed by atoms with Crippen molar-refractivity contribution in [3.05, 3.63) is 60.7 Å². The zero-order chi connectivity index (χ0) is 14.1. The van der Waals surface area contributed by atoms with E-state index in [1.165, 1.54) is 32.3 Å². The SMILES string of the molecule is OB(O)O.c1cc2ccc3cccc4ccc(c1)c2c34. The molecule has 4 heteroatoms. The maximum atomic E-state index is 7.17. The van der Waals surface area contributed by atoms with Gasteiger partial charge in [-0.05, 0) is 32.3 Å². The van der Waals surface area contributed by atoms with E-state index >= 15 is 0 Å². The Kier molecular flexibility index (Phi) is 3.28. The molecule has 0 saturated carbocycles. The highest BCUT2D eigenvalue weighted by atomic mass is 16.5. The van der Waals surface area contributed by atoms with Gasteiger partial charge in [0.15, 0.2) is 0 Å². The second-order valence-corrected chi connectivity index (χ2v) is 4.64. The number of hydrogen-bond donors (Lipinski definition) is 3. The van der Waals surface area contributed by atoms with Crippen LogP contribution in [0.1, 0.15) is 0 Å². The average Bonchev–Trinajstić information content (AvgIpc) is 2.44. The lowest BCUT2D eigenvalue weighted by atomic mass is 9.95. The second-order valence-electron chi connectivity index (χ2n) is 4.64. The first-order valence-corrected chi connectivity index (χ1v) is 6.33. The van der Waals surface area contributed by atoms with Gasteiger partial charge in [0, 0.05) is 0 Å². The second kappa shape index (κ2) is 5.09. The van der Waals surface area contributed by atoms with Gasteiger partial charge in [-0.25, -0.2) is 0 Å². The van der Waals surface area contributed by atoms with Gasteiger partial charge < -0.3 is 15.1 Å². The molecule has 0 saturated heterocycles. The van der Waals surface area contributed by atoms with Crippen LogP contribution in [0.25, 0.3) is 32.3 Å². The van der Waals surface area contributed by atoms with E-state index in [9.17, 15) is 0 Å².